The second kappa shape index (κ2) is 4.62. The Morgan fingerprint density at radius 3 is 2.75 bits per heavy atom. The van der Waals surface area contributed by atoms with Crippen LogP contribution in [-0.2, 0) is 22.1 Å². The minimum absolute atomic E-state index is 0.0516. The van der Waals surface area contributed by atoms with Gasteiger partial charge in [0, 0.05) is 11.9 Å². The van der Waals surface area contributed by atoms with Crippen LogP contribution in [-0.4, -0.2) is 13.4 Å². The van der Waals surface area contributed by atoms with Crippen LogP contribution < -0.4 is 5.73 Å². The van der Waals surface area contributed by atoms with Gasteiger partial charge in [-0.1, -0.05) is 6.07 Å². The van der Waals surface area contributed by atoms with Crippen LogP contribution in [0.5, 0.6) is 0 Å². The minimum Gasteiger partial charge on any atom is -0.325 e. The number of aromatic nitrogens is 1. The fraction of sp³-hybridized carbons (Fsp3) is 0.222. The normalized spacial score (nSPS) is 11.8. The summed E-state index contributed by atoms with van der Waals surface area (Å²) in [5.74, 6) is -0.0516. The topological polar surface area (TPSA) is 73.0 Å². The Balaban J connectivity index is 2.21. The zero-order valence-corrected chi connectivity index (χ0v) is 10.7. The maximum absolute atomic E-state index is 11.9. The van der Waals surface area contributed by atoms with Crippen molar-refractivity contribution in [3.8, 4) is 0 Å². The summed E-state index contributed by atoms with van der Waals surface area (Å²) >= 11 is 2.61. The second-order valence-corrected chi connectivity index (χ2v) is 7.23. The lowest BCUT2D eigenvalue weighted by molar-refractivity contribution is 0.596. The lowest BCUT2D eigenvalue weighted by Gasteiger charge is -1.97. The van der Waals surface area contributed by atoms with Crippen molar-refractivity contribution in [1.82, 2.24) is 4.98 Å². The van der Waals surface area contributed by atoms with Gasteiger partial charge >= 0.3 is 0 Å². The van der Waals surface area contributed by atoms with E-state index >= 15 is 0 Å². The van der Waals surface area contributed by atoms with Gasteiger partial charge in [0.1, 0.15) is 9.22 Å². The van der Waals surface area contributed by atoms with Crippen LogP contribution in [0.2, 0.25) is 0 Å². The van der Waals surface area contributed by atoms with Gasteiger partial charge in [-0.15, -0.1) is 22.7 Å². The van der Waals surface area contributed by atoms with Crippen molar-refractivity contribution in [3.63, 3.8) is 0 Å². The largest absolute Gasteiger partial charge is 0.325 e. The molecule has 0 saturated carbocycles. The van der Waals surface area contributed by atoms with Crippen molar-refractivity contribution in [2.75, 3.05) is 0 Å². The first-order valence-electron chi connectivity index (χ1n) is 4.51. The van der Waals surface area contributed by atoms with Crippen molar-refractivity contribution in [1.29, 1.82) is 0 Å². The molecule has 2 aromatic heterocycles. The third-order valence-electron chi connectivity index (χ3n) is 1.91. The standard InChI is InChI=1S/C9H10N2O2S3/c10-4-8-11-7(5-15-8)6-16(12,13)9-2-1-3-14-9/h1-3,5H,4,6,10H2. The molecule has 0 aliphatic carbocycles. The Labute approximate surface area is 102 Å². The van der Waals surface area contributed by atoms with E-state index in [9.17, 15) is 8.42 Å². The summed E-state index contributed by atoms with van der Waals surface area (Å²) in [6.07, 6.45) is 0. The SMILES string of the molecule is NCc1nc(CS(=O)(=O)c2cccs2)cs1. The highest BCUT2D eigenvalue weighted by Gasteiger charge is 2.17. The van der Waals surface area contributed by atoms with Gasteiger partial charge in [-0.3, -0.25) is 0 Å². The highest BCUT2D eigenvalue weighted by molar-refractivity contribution is 7.92. The number of nitrogens with two attached hydrogens (primary N) is 1. The molecular weight excluding hydrogens is 264 g/mol. The Bertz CT molecular complexity index is 557. The number of thiazole rings is 1. The summed E-state index contributed by atoms with van der Waals surface area (Å²) in [5, 5.41) is 4.25. The van der Waals surface area contributed by atoms with E-state index < -0.39 is 9.84 Å². The quantitative estimate of drug-likeness (QED) is 0.920. The fourth-order valence-corrected chi connectivity index (χ4v) is 4.34. The highest BCUT2D eigenvalue weighted by Crippen LogP contribution is 2.21. The summed E-state index contributed by atoms with van der Waals surface area (Å²) < 4.78 is 24.2. The maximum atomic E-state index is 11.9. The zero-order valence-electron chi connectivity index (χ0n) is 8.29. The predicted octanol–water partition coefficient (Wildman–Crippen LogP) is 1.64. The van der Waals surface area contributed by atoms with Crippen LogP contribution in [0.1, 0.15) is 10.7 Å². The number of sulfone groups is 1. The van der Waals surface area contributed by atoms with Gasteiger partial charge in [-0.2, -0.15) is 0 Å². The molecule has 0 aliphatic rings. The smallest absolute Gasteiger partial charge is 0.193 e. The lowest BCUT2D eigenvalue weighted by atomic mass is 10.6. The molecule has 2 rings (SSSR count). The van der Waals surface area contributed by atoms with Crippen LogP contribution in [0.3, 0.4) is 0 Å². The molecule has 4 nitrogen and oxygen atoms in total. The number of thiophene rings is 1. The molecule has 0 unspecified atom stereocenters. The monoisotopic (exact) mass is 274 g/mol. The van der Waals surface area contributed by atoms with Crippen molar-refractivity contribution in [2.24, 2.45) is 5.73 Å². The second-order valence-electron chi connectivity index (χ2n) is 3.13. The molecule has 0 atom stereocenters. The van der Waals surface area contributed by atoms with Crippen molar-refractivity contribution >= 4 is 32.5 Å². The van der Waals surface area contributed by atoms with E-state index in [1.807, 2.05) is 0 Å². The summed E-state index contributed by atoms with van der Waals surface area (Å²) in [6, 6.07) is 3.33. The molecule has 0 bridgehead atoms. The van der Waals surface area contributed by atoms with Gasteiger partial charge in [0.25, 0.3) is 0 Å². The van der Waals surface area contributed by atoms with Gasteiger partial charge in [0.05, 0.1) is 11.4 Å². The first-order chi connectivity index (χ1) is 7.62. The minimum atomic E-state index is -3.24. The van der Waals surface area contributed by atoms with Crippen LogP contribution in [0.15, 0.2) is 27.1 Å². The Morgan fingerprint density at radius 2 is 2.19 bits per heavy atom. The van der Waals surface area contributed by atoms with Crippen molar-refractivity contribution in [3.05, 3.63) is 33.6 Å². The third kappa shape index (κ3) is 2.49. The molecule has 0 radical (unpaired) electrons. The number of hydrogen-bond donors (Lipinski definition) is 1. The Kier molecular flexibility index (Phi) is 3.38. The first kappa shape index (κ1) is 11.7. The Hall–Kier alpha value is -0.760. The number of rotatable bonds is 4. The maximum Gasteiger partial charge on any atom is 0.193 e. The van der Waals surface area contributed by atoms with Crippen LogP contribution >= 0.6 is 22.7 Å². The number of nitrogens with zero attached hydrogens (tertiary/aromatic N) is 1. The predicted molar refractivity (Wildman–Crippen MR) is 65.2 cm³/mol. The first-order valence-corrected chi connectivity index (χ1v) is 7.92. The number of hydrogen-bond acceptors (Lipinski definition) is 6. The lowest BCUT2D eigenvalue weighted by Crippen LogP contribution is -2.04. The molecule has 2 aromatic rings. The van der Waals surface area contributed by atoms with Gasteiger partial charge in [0.15, 0.2) is 9.84 Å². The van der Waals surface area contributed by atoms with Crippen LogP contribution in [0, 0.1) is 0 Å². The van der Waals surface area contributed by atoms with E-state index in [1.165, 1.54) is 22.7 Å². The summed E-state index contributed by atoms with van der Waals surface area (Å²) in [6.45, 7) is 0.351. The molecule has 0 aromatic carbocycles. The summed E-state index contributed by atoms with van der Waals surface area (Å²) in [7, 11) is -3.24. The van der Waals surface area contributed by atoms with Crippen molar-refractivity contribution < 1.29 is 8.42 Å². The van der Waals surface area contributed by atoms with Crippen LogP contribution in [0.25, 0.3) is 0 Å². The van der Waals surface area contributed by atoms with E-state index in [2.05, 4.69) is 4.98 Å². The van der Waals surface area contributed by atoms with Crippen molar-refractivity contribution in [2.45, 2.75) is 16.5 Å². The Morgan fingerprint density at radius 1 is 1.38 bits per heavy atom. The molecule has 0 fully saturated rings. The van der Waals surface area contributed by atoms with E-state index in [4.69, 9.17) is 5.73 Å². The summed E-state index contributed by atoms with van der Waals surface area (Å²) in [5.41, 5.74) is 5.99. The molecule has 2 heterocycles. The molecule has 86 valence electrons. The molecule has 0 aliphatic heterocycles. The average Bonchev–Trinajstić information content (AvgIpc) is 2.86. The highest BCUT2D eigenvalue weighted by atomic mass is 32.2. The zero-order chi connectivity index (χ0) is 11.6. The summed E-state index contributed by atoms with van der Waals surface area (Å²) in [4.78, 5) is 4.14. The van der Waals surface area contributed by atoms with Crippen LogP contribution in [0.4, 0.5) is 0 Å². The molecule has 2 N–H and O–H groups in total. The van der Waals surface area contributed by atoms with E-state index in [-0.39, 0.29) is 5.75 Å². The van der Waals surface area contributed by atoms with Gasteiger partial charge in [-0.25, -0.2) is 13.4 Å². The molecule has 0 amide bonds. The van der Waals surface area contributed by atoms with E-state index in [0.29, 0.717) is 16.4 Å². The van der Waals surface area contributed by atoms with E-state index in [1.54, 1.807) is 22.9 Å². The molecule has 16 heavy (non-hydrogen) atoms. The van der Waals surface area contributed by atoms with Gasteiger partial charge < -0.3 is 5.73 Å². The molecule has 0 saturated heterocycles. The van der Waals surface area contributed by atoms with E-state index in [0.717, 1.165) is 5.01 Å². The third-order valence-corrected chi connectivity index (χ3v) is 5.97. The fourth-order valence-electron chi connectivity index (χ4n) is 1.22. The van der Waals surface area contributed by atoms with Gasteiger partial charge in [0.2, 0.25) is 0 Å². The molecule has 7 heteroatoms. The molecular formula is C9H10N2O2S3. The van der Waals surface area contributed by atoms with Gasteiger partial charge in [-0.05, 0) is 11.4 Å². The molecule has 0 spiro atoms. The average molecular weight is 274 g/mol.